The number of nitrogens with zero attached hydrogens (tertiary/aromatic N) is 3. The van der Waals surface area contributed by atoms with E-state index in [1.54, 1.807) is 6.07 Å². The van der Waals surface area contributed by atoms with E-state index in [2.05, 4.69) is 41.6 Å². The van der Waals surface area contributed by atoms with Crippen molar-refractivity contribution in [2.45, 2.75) is 6.92 Å². The first-order chi connectivity index (χ1) is 9.10. The number of nitrogen functional groups attached to an aromatic ring is 1. The fourth-order valence-electron chi connectivity index (χ4n) is 1.42. The van der Waals surface area contributed by atoms with E-state index < -0.39 is 0 Å². The van der Waals surface area contributed by atoms with Gasteiger partial charge in [-0.2, -0.15) is 0 Å². The molecule has 0 atom stereocenters. The number of amides is 1. The fraction of sp³-hybridized carbons (Fsp3) is 0.0909. The van der Waals surface area contributed by atoms with Crippen LogP contribution in [0.25, 0.3) is 0 Å². The van der Waals surface area contributed by atoms with Crippen LogP contribution < -0.4 is 16.6 Å². The molecule has 2 heterocycles. The number of anilines is 2. The number of aryl methyl sites for hydroxylation is 1. The number of carbonyl (C=O) groups excluding carboxylic acids is 1. The molecule has 0 saturated heterocycles. The number of halogens is 1. The number of aromatic nitrogens is 3. The highest BCUT2D eigenvalue weighted by molar-refractivity contribution is 9.10. The van der Waals surface area contributed by atoms with Gasteiger partial charge in [0.15, 0.2) is 5.82 Å². The Morgan fingerprint density at radius 1 is 1.26 bits per heavy atom. The number of hydrogen-bond acceptors (Lipinski definition) is 6. The summed E-state index contributed by atoms with van der Waals surface area (Å²) in [6.07, 6.45) is 4.39. The summed E-state index contributed by atoms with van der Waals surface area (Å²) < 4.78 is 0.590. The van der Waals surface area contributed by atoms with E-state index >= 15 is 0 Å². The zero-order valence-electron chi connectivity index (χ0n) is 10.0. The van der Waals surface area contributed by atoms with Crippen LogP contribution in [-0.2, 0) is 0 Å². The molecule has 2 aromatic heterocycles. The lowest BCUT2D eigenvalue weighted by molar-refractivity contribution is 0.102. The van der Waals surface area contributed by atoms with Crippen molar-refractivity contribution in [3.8, 4) is 0 Å². The number of nitrogens with two attached hydrogens (primary N) is 1. The first-order valence-electron chi connectivity index (χ1n) is 5.32. The topological polar surface area (TPSA) is 106 Å². The van der Waals surface area contributed by atoms with Crippen molar-refractivity contribution in [3.05, 3.63) is 40.5 Å². The van der Waals surface area contributed by atoms with Crippen LogP contribution in [0.5, 0.6) is 0 Å². The van der Waals surface area contributed by atoms with E-state index in [-0.39, 0.29) is 5.91 Å². The van der Waals surface area contributed by atoms with Gasteiger partial charge in [-0.25, -0.2) is 9.97 Å². The number of hydrogen-bond donors (Lipinski definition) is 3. The second-order valence-corrected chi connectivity index (χ2v) is 4.51. The second kappa shape index (κ2) is 5.72. The van der Waals surface area contributed by atoms with Gasteiger partial charge >= 0.3 is 0 Å². The average molecular weight is 323 g/mol. The van der Waals surface area contributed by atoms with Gasteiger partial charge in [0.2, 0.25) is 0 Å². The Kier molecular flexibility index (Phi) is 4.03. The van der Waals surface area contributed by atoms with Gasteiger partial charge in [0.05, 0.1) is 23.6 Å². The molecule has 4 N–H and O–H groups in total. The summed E-state index contributed by atoms with van der Waals surface area (Å²) in [6, 6.07) is 1.68. The van der Waals surface area contributed by atoms with E-state index in [0.29, 0.717) is 21.7 Å². The predicted octanol–water partition coefficient (Wildman–Crippen LogP) is 1.48. The highest BCUT2D eigenvalue weighted by atomic mass is 79.9. The minimum Gasteiger partial charge on any atom is -0.323 e. The van der Waals surface area contributed by atoms with Crippen molar-refractivity contribution in [3.63, 3.8) is 0 Å². The van der Waals surface area contributed by atoms with Crippen molar-refractivity contribution in [1.29, 1.82) is 0 Å². The Bertz CT molecular complexity index is 601. The molecule has 0 spiro atoms. The van der Waals surface area contributed by atoms with Crippen LogP contribution in [0, 0.1) is 6.92 Å². The highest BCUT2D eigenvalue weighted by Gasteiger charge is 2.12. The summed E-state index contributed by atoms with van der Waals surface area (Å²) >= 11 is 3.16. The molecule has 2 aromatic rings. The van der Waals surface area contributed by atoms with Gasteiger partial charge in [0, 0.05) is 11.9 Å². The molecular weight excluding hydrogens is 312 g/mol. The third-order valence-corrected chi connectivity index (χ3v) is 2.71. The summed E-state index contributed by atoms with van der Waals surface area (Å²) in [4.78, 5) is 24.1. The molecule has 7 nitrogen and oxygen atoms in total. The summed E-state index contributed by atoms with van der Waals surface area (Å²) in [5.74, 6) is 5.36. The Morgan fingerprint density at radius 3 is 2.68 bits per heavy atom. The summed E-state index contributed by atoms with van der Waals surface area (Å²) in [5, 5.41) is 2.61. The minimum absolute atomic E-state index is 0.331. The van der Waals surface area contributed by atoms with Crippen molar-refractivity contribution < 1.29 is 4.79 Å². The zero-order chi connectivity index (χ0) is 13.8. The maximum absolute atomic E-state index is 12.1. The average Bonchev–Trinajstić information content (AvgIpc) is 2.41. The van der Waals surface area contributed by atoms with Crippen molar-refractivity contribution in [2.75, 3.05) is 10.7 Å². The lowest BCUT2D eigenvalue weighted by atomic mass is 10.2. The summed E-state index contributed by atoms with van der Waals surface area (Å²) in [6.45, 7) is 1.81. The molecule has 0 unspecified atom stereocenters. The van der Waals surface area contributed by atoms with Gasteiger partial charge in [-0.15, -0.1) is 0 Å². The van der Waals surface area contributed by atoms with Crippen LogP contribution in [0.3, 0.4) is 0 Å². The van der Waals surface area contributed by atoms with Gasteiger partial charge in [0.1, 0.15) is 4.60 Å². The smallest absolute Gasteiger partial charge is 0.260 e. The van der Waals surface area contributed by atoms with Crippen molar-refractivity contribution in [2.24, 2.45) is 5.84 Å². The fourth-order valence-corrected chi connectivity index (χ4v) is 1.63. The van der Waals surface area contributed by atoms with Gasteiger partial charge < -0.3 is 10.7 Å². The van der Waals surface area contributed by atoms with Gasteiger partial charge in [-0.05, 0) is 28.9 Å². The number of nitrogens with one attached hydrogen (secondary N) is 2. The third kappa shape index (κ3) is 3.24. The molecule has 8 heteroatoms. The first kappa shape index (κ1) is 13.4. The molecule has 1 amide bonds. The van der Waals surface area contributed by atoms with Gasteiger partial charge in [-0.3, -0.25) is 15.6 Å². The largest absolute Gasteiger partial charge is 0.323 e. The van der Waals surface area contributed by atoms with E-state index in [0.717, 1.165) is 5.69 Å². The van der Waals surface area contributed by atoms with Gasteiger partial charge in [0.25, 0.3) is 5.91 Å². The van der Waals surface area contributed by atoms with Crippen LogP contribution in [0.1, 0.15) is 16.1 Å². The molecule has 0 fully saturated rings. The molecule has 0 aliphatic rings. The van der Waals surface area contributed by atoms with Crippen molar-refractivity contribution in [1.82, 2.24) is 15.0 Å². The number of carbonyl (C=O) groups is 1. The first-order valence-corrected chi connectivity index (χ1v) is 6.11. The molecule has 0 saturated carbocycles. The highest BCUT2D eigenvalue weighted by Crippen LogP contribution is 2.16. The third-order valence-electron chi connectivity index (χ3n) is 2.30. The summed E-state index contributed by atoms with van der Waals surface area (Å²) in [5.41, 5.74) is 4.05. The standard InChI is InChI=1S/C11H11BrN6O/c1-6-2-8(18-13)7(3-14-6)11(19)17-10-5-15-9(12)4-16-10/h2-5H,13H2,1H3,(H,14,18)(H,16,17,19). The van der Waals surface area contributed by atoms with Crippen LogP contribution in [0.2, 0.25) is 0 Å². The minimum atomic E-state index is -0.364. The normalized spacial score (nSPS) is 10.1. The second-order valence-electron chi connectivity index (χ2n) is 3.69. The van der Waals surface area contributed by atoms with E-state index in [1.165, 1.54) is 18.6 Å². The molecule has 0 aromatic carbocycles. The molecule has 19 heavy (non-hydrogen) atoms. The zero-order valence-corrected chi connectivity index (χ0v) is 11.6. The molecule has 0 aliphatic carbocycles. The Morgan fingerprint density at radius 2 is 2.05 bits per heavy atom. The number of pyridine rings is 1. The van der Waals surface area contributed by atoms with Gasteiger partial charge in [-0.1, -0.05) is 0 Å². The van der Waals surface area contributed by atoms with E-state index in [9.17, 15) is 4.79 Å². The molecule has 0 bridgehead atoms. The predicted molar refractivity (Wildman–Crippen MR) is 74.5 cm³/mol. The lowest BCUT2D eigenvalue weighted by Crippen LogP contribution is -2.18. The quantitative estimate of drug-likeness (QED) is 0.583. The van der Waals surface area contributed by atoms with Crippen LogP contribution in [-0.4, -0.2) is 20.9 Å². The van der Waals surface area contributed by atoms with E-state index in [1.807, 2.05) is 6.92 Å². The van der Waals surface area contributed by atoms with Crippen LogP contribution in [0.15, 0.2) is 29.3 Å². The maximum Gasteiger partial charge on any atom is 0.260 e. The Hall–Kier alpha value is -2.06. The van der Waals surface area contributed by atoms with Crippen LogP contribution >= 0.6 is 15.9 Å². The molecule has 2 rings (SSSR count). The van der Waals surface area contributed by atoms with E-state index in [4.69, 9.17) is 5.84 Å². The maximum atomic E-state index is 12.1. The number of hydrazine groups is 1. The monoisotopic (exact) mass is 322 g/mol. The molecule has 0 radical (unpaired) electrons. The SMILES string of the molecule is Cc1cc(NN)c(C(=O)Nc2cnc(Br)cn2)cn1. The molecule has 98 valence electrons. The molecular formula is C11H11BrN6O. The lowest BCUT2D eigenvalue weighted by Gasteiger charge is -2.09. The van der Waals surface area contributed by atoms with Crippen LogP contribution in [0.4, 0.5) is 11.5 Å². The summed E-state index contributed by atoms with van der Waals surface area (Å²) in [7, 11) is 0. The number of rotatable bonds is 3. The molecule has 0 aliphatic heterocycles. The van der Waals surface area contributed by atoms with Crippen molar-refractivity contribution >= 4 is 33.3 Å². The Labute approximate surface area is 117 Å². The Balaban J connectivity index is 2.22.